The molecule has 0 aliphatic carbocycles. The van der Waals surface area contributed by atoms with Crippen LogP contribution in [0.15, 0.2) is 29.4 Å². The molecule has 7 nitrogen and oxygen atoms in total. The van der Waals surface area contributed by atoms with E-state index in [1.807, 2.05) is 36.8 Å². The van der Waals surface area contributed by atoms with Crippen molar-refractivity contribution in [3.05, 3.63) is 41.7 Å². The number of aromatic nitrogens is 2. The van der Waals surface area contributed by atoms with Gasteiger partial charge in [-0.25, -0.2) is 13.8 Å². The predicted octanol–water partition coefficient (Wildman–Crippen LogP) is 1.71. The van der Waals surface area contributed by atoms with Gasteiger partial charge in [0.15, 0.2) is 5.96 Å². The Labute approximate surface area is 164 Å². The molecule has 1 fully saturated rings. The van der Waals surface area contributed by atoms with Crippen molar-refractivity contribution in [1.82, 2.24) is 20.2 Å². The minimum absolute atomic E-state index is 0.0425. The number of anilines is 2. The topological polar surface area (TPSA) is 60.7 Å². The summed E-state index contributed by atoms with van der Waals surface area (Å²) in [7, 11) is 7.56. The molecule has 152 valence electrons. The van der Waals surface area contributed by atoms with Gasteiger partial charge in [-0.3, -0.25) is 4.99 Å². The number of para-hydroxylation sites is 1. The first-order chi connectivity index (χ1) is 13.4. The van der Waals surface area contributed by atoms with Crippen molar-refractivity contribution in [2.24, 2.45) is 12.0 Å². The number of nitrogens with one attached hydrogen (secondary N) is 2. The molecule has 1 aliphatic heterocycles. The Balaban J connectivity index is 1.57. The van der Waals surface area contributed by atoms with E-state index in [-0.39, 0.29) is 11.7 Å². The Kier molecular flexibility index (Phi) is 6.01. The highest BCUT2D eigenvalue weighted by Gasteiger charge is 2.27. The van der Waals surface area contributed by atoms with Gasteiger partial charge in [0.1, 0.15) is 17.3 Å². The second-order valence-corrected chi connectivity index (χ2v) is 7.07. The third kappa shape index (κ3) is 4.18. The number of hydrogen-bond donors (Lipinski definition) is 2. The van der Waals surface area contributed by atoms with Gasteiger partial charge in [0.2, 0.25) is 5.95 Å². The number of imidazole rings is 1. The molecular formula is C19H27F2N7. The standard InChI is InChI=1S/C19H27F2N7/c1-22-18(23-10-14-11-24-19(26(2)3)27(14)4)25-13-8-9-28(12-13)17-15(20)6-5-7-16(17)21/h5-7,11,13H,8-10,12H2,1-4H3,(H2,22,23,25). The minimum atomic E-state index is -0.531. The van der Waals surface area contributed by atoms with Gasteiger partial charge in [-0.1, -0.05) is 6.07 Å². The molecule has 0 saturated carbocycles. The van der Waals surface area contributed by atoms with Crippen molar-refractivity contribution in [2.75, 3.05) is 44.0 Å². The zero-order valence-electron chi connectivity index (χ0n) is 16.7. The highest BCUT2D eigenvalue weighted by atomic mass is 19.1. The lowest BCUT2D eigenvalue weighted by Gasteiger charge is -2.21. The molecule has 2 aromatic rings. The van der Waals surface area contributed by atoms with Crippen LogP contribution in [0, 0.1) is 11.6 Å². The van der Waals surface area contributed by atoms with Crippen molar-refractivity contribution >= 4 is 17.6 Å². The molecule has 2 heterocycles. The van der Waals surface area contributed by atoms with Crippen molar-refractivity contribution < 1.29 is 8.78 Å². The Hall–Kier alpha value is -2.84. The Morgan fingerprint density at radius 1 is 1.32 bits per heavy atom. The van der Waals surface area contributed by atoms with E-state index in [0.717, 1.165) is 18.1 Å². The number of rotatable bonds is 5. The number of benzene rings is 1. The van der Waals surface area contributed by atoms with Crippen LogP contribution >= 0.6 is 0 Å². The summed E-state index contributed by atoms with van der Waals surface area (Å²) in [6.07, 6.45) is 2.60. The summed E-state index contributed by atoms with van der Waals surface area (Å²) in [5.41, 5.74) is 1.06. The Morgan fingerprint density at radius 3 is 2.64 bits per heavy atom. The molecule has 0 amide bonds. The van der Waals surface area contributed by atoms with Crippen LogP contribution in [-0.4, -0.2) is 55.8 Å². The molecule has 28 heavy (non-hydrogen) atoms. The van der Waals surface area contributed by atoms with E-state index in [1.165, 1.54) is 18.2 Å². The first-order valence-corrected chi connectivity index (χ1v) is 9.24. The van der Waals surface area contributed by atoms with Crippen molar-refractivity contribution in [1.29, 1.82) is 0 Å². The lowest BCUT2D eigenvalue weighted by atomic mass is 10.2. The maximum absolute atomic E-state index is 14.0. The lowest BCUT2D eigenvalue weighted by Crippen LogP contribution is -2.44. The summed E-state index contributed by atoms with van der Waals surface area (Å²) >= 11 is 0. The van der Waals surface area contributed by atoms with Crippen molar-refractivity contribution in [2.45, 2.75) is 19.0 Å². The maximum atomic E-state index is 14.0. The molecule has 2 N–H and O–H groups in total. The Morgan fingerprint density at radius 2 is 2.04 bits per heavy atom. The summed E-state index contributed by atoms with van der Waals surface area (Å²) in [5.74, 6) is 0.457. The molecule has 1 saturated heterocycles. The SMILES string of the molecule is CN=C(NCc1cnc(N(C)C)n1C)NC1CCN(c2c(F)cccc2F)C1. The molecule has 0 radical (unpaired) electrons. The normalized spacial score (nSPS) is 17.1. The Bertz CT molecular complexity index is 827. The second kappa shape index (κ2) is 8.45. The van der Waals surface area contributed by atoms with Crippen molar-refractivity contribution in [3.8, 4) is 0 Å². The number of nitrogens with zero attached hydrogens (tertiary/aromatic N) is 5. The van der Waals surface area contributed by atoms with Crippen LogP contribution in [0.5, 0.6) is 0 Å². The van der Waals surface area contributed by atoms with E-state index in [9.17, 15) is 8.78 Å². The van der Waals surface area contributed by atoms with Crippen LogP contribution in [0.2, 0.25) is 0 Å². The third-order valence-corrected chi connectivity index (χ3v) is 4.90. The maximum Gasteiger partial charge on any atom is 0.204 e. The van der Waals surface area contributed by atoms with Gasteiger partial charge in [0.25, 0.3) is 0 Å². The number of halogens is 2. The van der Waals surface area contributed by atoms with Crippen LogP contribution in [0.1, 0.15) is 12.1 Å². The summed E-state index contributed by atoms with van der Waals surface area (Å²) in [6, 6.07) is 4.01. The molecule has 1 aliphatic rings. The van der Waals surface area contributed by atoms with E-state index < -0.39 is 11.6 Å². The number of hydrogen-bond acceptors (Lipinski definition) is 4. The van der Waals surface area contributed by atoms with Gasteiger partial charge in [-0.15, -0.1) is 0 Å². The van der Waals surface area contributed by atoms with E-state index >= 15 is 0 Å². The quantitative estimate of drug-likeness (QED) is 0.600. The molecule has 1 unspecified atom stereocenters. The van der Waals surface area contributed by atoms with Crippen LogP contribution in [0.3, 0.4) is 0 Å². The summed E-state index contributed by atoms with van der Waals surface area (Å²) in [6.45, 7) is 1.66. The van der Waals surface area contributed by atoms with Crippen LogP contribution in [0.4, 0.5) is 20.4 Å². The number of guanidine groups is 1. The highest BCUT2D eigenvalue weighted by Crippen LogP contribution is 2.26. The largest absolute Gasteiger partial charge is 0.365 e. The summed E-state index contributed by atoms with van der Waals surface area (Å²) in [4.78, 5) is 12.3. The first-order valence-electron chi connectivity index (χ1n) is 9.24. The zero-order chi connectivity index (χ0) is 20.3. The molecular weight excluding hydrogens is 364 g/mol. The molecule has 3 rings (SSSR count). The fourth-order valence-electron chi connectivity index (χ4n) is 3.45. The monoisotopic (exact) mass is 391 g/mol. The van der Waals surface area contributed by atoms with Gasteiger partial charge >= 0.3 is 0 Å². The summed E-state index contributed by atoms with van der Waals surface area (Å²) in [5, 5.41) is 6.61. The van der Waals surface area contributed by atoms with E-state index in [0.29, 0.717) is 25.6 Å². The van der Waals surface area contributed by atoms with E-state index in [1.54, 1.807) is 11.9 Å². The van der Waals surface area contributed by atoms with E-state index in [4.69, 9.17) is 0 Å². The average molecular weight is 391 g/mol. The predicted molar refractivity (Wildman–Crippen MR) is 108 cm³/mol. The van der Waals surface area contributed by atoms with Gasteiger partial charge in [0, 0.05) is 47.3 Å². The lowest BCUT2D eigenvalue weighted by molar-refractivity contribution is 0.575. The molecule has 1 aromatic heterocycles. The first kappa shape index (κ1) is 19.9. The van der Waals surface area contributed by atoms with Gasteiger partial charge < -0.3 is 25.0 Å². The molecule has 1 aromatic carbocycles. The molecule has 0 bridgehead atoms. The fourth-order valence-corrected chi connectivity index (χ4v) is 3.45. The highest BCUT2D eigenvalue weighted by molar-refractivity contribution is 5.80. The molecule has 9 heteroatoms. The van der Waals surface area contributed by atoms with Crippen LogP contribution < -0.4 is 20.4 Å². The van der Waals surface area contributed by atoms with E-state index in [2.05, 4.69) is 20.6 Å². The van der Waals surface area contributed by atoms with Crippen molar-refractivity contribution in [3.63, 3.8) is 0 Å². The molecule has 0 spiro atoms. The third-order valence-electron chi connectivity index (χ3n) is 4.90. The van der Waals surface area contributed by atoms with Gasteiger partial charge in [-0.05, 0) is 18.6 Å². The second-order valence-electron chi connectivity index (χ2n) is 7.07. The molecule has 1 atom stereocenters. The average Bonchev–Trinajstić information content (AvgIpc) is 3.25. The zero-order valence-corrected chi connectivity index (χ0v) is 16.7. The van der Waals surface area contributed by atoms with Crippen LogP contribution in [0.25, 0.3) is 0 Å². The minimum Gasteiger partial charge on any atom is -0.365 e. The summed E-state index contributed by atoms with van der Waals surface area (Å²) < 4.78 is 30.0. The van der Waals surface area contributed by atoms with Gasteiger partial charge in [0.05, 0.1) is 18.4 Å². The fraction of sp³-hybridized carbons (Fsp3) is 0.474. The smallest absolute Gasteiger partial charge is 0.204 e. The number of aliphatic imine (C=N–C) groups is 1. The van der Waals surface area contributed by atoms with Gasteiger partial charge in [-0.2, -0.15) is 0 Å². The van der Waals surface area contributed by atoms with Crippen LogP contribution in [-0.2, 0) is 13.6 Å².